The van der Waals surface area contributed by atoms with Crippen LogP contribution in [-0.4, -0.2) is 28.0 Å². The molecule has 6 nitrogen and oxygen atoms in total. The molecule has 0 atom stereocenters. The number of aromatic nitrogens is 3. The van der Waals surface area contributed by atoms with Crippen LogP contribution in [0.1, 0.15) is 24.1 Å². The highest BCUT2D eigenvalue weighted by molar-refractivity contribution is 7.13. The van der Waals surface area contributed by atoms with Gasteiger partial charge < -0.3 is 10.2 Å². The molecule has 0 saturated carbocycles. The maximum atomic E-state index is 9.57. The van der Waals surface area contributed by atoms with Crippen molar-refractivity contribution in [2.75, 3.05) is 23.3 Å². The molecular weight excluding hydrogens is 344 g/mol. The molecule has 0 radical (unpaired) electrons. The number of nitriles is 1. The van der Waals surface area contributed by atoms with E-state index in [9.17, 15) is 5.26 Å². The molecule has 0 bridgehead atoms. The van der Waals surface area contributed by atoms with E-state index < -0.39 is 0 Å². The van der Waals surface area contributed by atoms with Crippen molar-refractivity contribution in [1.82, 2.24) is 15.0 Å². The van der Waals surface area contributed by atoms with Crippen LogP contribution in [0.5, 0.6) is 0 Å². The van der Waals surface area contributed by atoms with Crippen molar-refractivity contribution in [3.05, 3.63) is 47.1 Å². The molecule has 1 aliphatic rings. The Bertz CT molecular complexity index is 968. The van der Waals surface area contributed by atoms with E-state index in [-0.39, 0.29) is 0 Å². The molecule has 26 heavy (non-hydrogen) atoms. The average Bonchev–Trinajstić information content (AvgIpc) is 3.33. The van der Waals surface area contributed by atoms with Gasteiger partial charge in [0.1, 0.15) is 6.07 Å². The molecule has 4 rings (SSSR count). The molecule has 1 fully saturated rings. The Labute approximate surface area is 156 Å². The van der Waals surface area contributed by atoms with Gasteiger partial charge in [-0.05, 0) is 38.0 Å². The normalized spacial score (nSPS) is 13.6. The lowest BCUT2D eigenvalue weighted by atomic mass is 10.1. The number of aryl methyl sites for hydroxylation is 1. The van der Waals surface area contributed by atoms with Gasteiger partial charge in [0.2, 0.25) is 5.95 Å². The highest BCUT2D eigenvalue weighted by atomic mass is 32.1. The number of hydrogen-bond donors (Lipinski definition) is 1. The van der Waals surface area contributed by atoms with Gasteiger partial charge in [-0.3, -0.25) is 0 Å². The number of hydrogen-bond acceptors (Lipinski definition) is 7. The standard InChI is InChI=1S/C19H18N6S/c1-13-12-26-19(22-13)24-18-21-7-6-16(23-18)14-4-5-17(15(10-14)11-20)25-8-2-3-9-25/h4-7,10,12H,2-3,8-9H2,1H3,(H,21,22,23,24). The summed E-state index contributed by atoms with van der Waals surface area (Å²) >= 11 is 1.52. The second-order valence-electron chi connectivity index (χ2n) is 6.22. The summed E-state index contributed by atoms with van der Waals surface area (Å²) in [5, 5.41) is 15.4. The maximum Gasteiger partial charge on any atom is 0.229 e. The van der Waals surface area contributed by atoms with Gasteiger partial charge in [0.25, 0.3) is 0 Å². The first-order valence-electron chi connectivity index (χ1n) is 8.54. The van der Waals surface area contributed by atoms with Crippen molar-refractivity contribution in [2.45, 2.75) is 19.8 Å². The van der Waals surface area contributed by atoms with E-state index in [0.717, 1.165) is 40.9 Å². The Balaban J connectivity index is 1.63. The van der Waals surface area contributed by atoms with Gasteiger partial charge in [-0.1, -0.05) is 6.07 Å². The number of nitrogens with one attached hydrogen (secondary N) is 1. The minimum atomic E-state index is 0.499. The Morgan fingerprint density at radius 2 is 2.04 bits per heavy atom. The summed E-state index contributed by atoms with van der Waals surface area (Å²) in [5.41, 5.74) is 4.35. The number of benzene rings is 1. The van der Waals surface area contributed by atoms with Crippen LogP contribution in [0.15, 0.2) is 35.8 Å². The highest BCUT2D eigenvalue weighted by Gasteiger charge is 2.16. The van der Waals surface area contributed by atoms with Crippen molar-refractivity contribution in [3.8, 4) is 17.3 Å². The molecule has 0 unspecified atom stereocenters. The molecule has 130 valence electrons. The maximum absolute atomic E-state index is 9.57. The highest BCUT2D eigenvalue weighted by Crippen LogP contribution is 2.29. The van der Waals surface area contributed by atoms with Crippen LogP contribution < -0.4 is 10.2 Å². The van der Waals surface area contributed by atoms with Crippen LogP contribution in [-0.2, 0) is 0 Å². The predicted molar refractivity (Wildman–Crippen MR) is 104 cm³/mol. The van der Waals surface area contributed by atoms with E-state index in [2.05, 4.69) is 31.2 Å². The fourth-order valence-corrected chi connectivity index (χ4v) is 3.79. The van der Waals surface area contributed by atoms with Gasteiger partial charge in [-0.2, -0.15) is 5.26 Å². The molecule has 0 spiro atoms. The molecular formula is C19H18N6S. The summed E-state index contributed by atoms with van der Waals surface area (Å²) in [5.74, 6) is 0.499. The van der Waals surface area contributed by atoms with E-state index in [1.165, 1.54) is 24.2 Å². The van der Waals surface area contributed by atoms with E-state index in [4.69, 9.17) is 0 Å². The molecule has 1 aliphatic heterocycles. The minimum absolute atomic E-state index is 0.499. The van der Waals surface area contributed by atoms with Crippen molar-refractivity contribution in [3.63, 3.8) is 0 Å². The van der Waals surface area contributed by atoms with E-state index in [1.807, 2.05) is 36.6 Å². The average molecular weight is 362 g/mol. The second-order valence-corrected chi connectivity index (χ2v) is 7.08. The van der Waals surface area contributed by atoms with Crippen molar-refractivity contribution >= 4 is 28.1 Å². The van der Waals surface area contributed by atoms with Gasteiger partial charge in [0, 0.05) is 30.2 Å². The van der Waals surface area contributed by atoms with Crippen molar-refractivity contribution in [1.29, 1.82) is 5.26 Å². The van der Waals surface area contributed by atoms with Gasteiger partial charge >= 0.3 is 0 Å². The quantitative estimate of drug-likeness (QED) is 0.752. The monoisotopic (exact) mass is 362 g/mol. The molecule has 1 aromatic carbocycles. The first-order chi connectivity index (χ1) is 12.7. The fourth-order valence-electron chi connectivity index (χ4n) is 3.11. The van der Waals surface area contributed by atoms with Gasteiger partial charge in [0.15, 0.2) is 5.13 Å². The second kappa shape index (κ2) is 7.10. The third-order valence-electron chi connectivity index (χ3n) is 4.35. The first kappa shape index (κ1) is 16.5. The zero-order valence-electron chi connectivity index (χ0n) is 14.4. The largest absolute Gasteiger partial charge is 0.370 e. The Morgan fingerprint density at radius 3 is 2.77 bits per heavy atom. The Morgan fingerprint density at radius 1 is 1.19 bits per heavy atom. The summed E-state index contributed by atoms with van der Waals surface area (Å²) in [6, 6.07) is 10.1. The molecule has 0 aliphatic carbocycles. The SMILES string of the molecule is Cc1csc(Nc2nccc(-c3ccc(N4CCCC4)c(C#N)c3)n2)n1. The molecule has 1 saturated heterocycles. The van der Waals surface area contributed by atoms with Crippen LogP contribution in [0.2, 0.25) is 0 Å². The molecule has 0 amide bonds. The Hall–Kier alpha value is -2.98. The zero-order valence-corrected chi connectivity index (χ0v) is 15.3. The van der Waals surface area contributed by atoms with Gasteiger partial charge in [-0.15, -0.1) is 11.3 Å². The van der Waals surface area contributed by atoms with Crippen LogP contribution in [0.3, 0.4) is 0 Å². The number of nitrogens with zero attached hydrogens (tertiary/aromatic N) is 5. The van der Waals surface area contributed by atoms with Crippen LogP contribution in [0, 0.1) is 18.3 Å². The molecule has 3 aromatic rings. The summed E-state index contributed by atoms with van der Waals surface area (Å²) < 4.78 is 0. The van der Waals surface area contributed by atoms with Crippen LogP contribution in [0.4, 0.5) is 16.8 Å². The minimum Gasteiger partial charge on any atom is -0.370 e. The summed E-state index contributed by atoms with van der Waals surface area (Å²) in [7, 11) is 0. The Kier molecular flexibility index (Phi) is 4.50. The van der Waals surface area contributed by atoms with E-state index in [1.54, 1.807) is 6.20 Å². The van der Waals surface area contributed by atoms with Crippen LogP contribution in [0.25, 0.3) is 11.3 Å². The van der Waals surface area contributed by atoms with E-state index >= 15 is 0 Å². The van der Waals surface area contributed by atoms with Gasteiger partial charge in [0.05, 0.1) is 22.6 Å². The number of thiazole rings is 1. The smallest absolute Gasteiger partial charge is 0.229 e. The van der Waals surface area contributed by atoms with Gasteiger partial charge in [-0.25, -0.2) is 15.0 Å². The lowest BCUT2D eigenvalue weighted by molar-refractivity contribution is 0.949. The lowest BCUT2D eigenvalue weighted by Gasteiger charge is -2.19. The zero-order chi connectivity index (χ0) is 17.9. The number of anilines is 3. The van der Waals surface area contributed by atoms with Crippen molar-refractivity contribution < 1.29 is 0 Å². The summed E-state index contributed by atoms with van der Waals surface area (Å²) in [4.78, 5) is 15.5. The number of rotatable bonds is 4. The molecule has 2 aromatic heterocycles. The summed E-state index contributed by atoms with van der Waals surface area (Å²) in [6.45, 7) is 3.98. The molecule has 1 N–H and O–H groups in total. The topological polar surface area (TPSA) is 77.7 Å². The third kappa shape index (κ3) is 3.37. The molecule has 7 heteroatoms. The first-order valence-corrected chi connectivity index (χ1v) is 9.42. The van der Waals surface area contributed by atoms with Crippen molar-refractivity contribution in [2.24, 2.45) is 0 Å². The van der Waals surface area contributed by atoms with E-state index in [0.29, 0.717) is 11.5 Å². The summed E-state index contributed by atoms with van der Waals surface area (Å²) in [6.07, 6.45) is 4.08. The fraction of sp³-hybridized carbons (Fsp3) is 0.263. The molecule has 3 heterocycles. The lowest BCUT2D eigenvalue weighted by Crippen LogP contribution is -2.18. The predicted octanol–water partition coefficient (Wildman–Crippen LogP) is 4.12. The van der Waals surface area contributed by atoms with Crippen LogP contribution >= 0.6 is 11.3 Å². The third-order valence-corrected chi connectivity index (χ3v) is 5.23.